The number of hydrogen-bond donors (Lipinski definition) is 1. The van der Waals surface area contributed by atoms with Crippen LogP contribution in [0.5, 0.6) is 0 Å². The Morgan fingerprint density at radius 2 is 1.42 bits per heavy atom. The molecule has 0 fully saturated rings. The summed E-state index contributed by atoms with van der Waals surface area (Å²) in [6, 6.07) is 25.5. The lowest BCUT2D eigenvalue weighted by Crippen LogP contribution is -2.29. The minimum Gasteiger partial charge on any atom is -0.341 e. The quantitative estimate of drug-likeness (QED) is 0.656. The summed E-state index contributed by atoms with van der Waals surface area (Å²) in [4.78, 5) is 12.8. The molecule has 2 nitrogen and oxygen atoms in total. The van der Waals surface area contributed by atoms with Crippen molar-refractivity contribution in [2.75, 3.05) is 0 Å². The van der Waals surface area contributed by atoms with Crippen LogP contribution in [0.15, 0.2) is 83.3 Å². The van der Waals surface area contributed by atoms with E-state index in [2.05, 4.69) is 21.2 Å². The van der Waals surface area contributed by atoms with Gasteiger partial charge in [0.15, 0.2) is 0 Å². The molecule has 0 bridgehead atoms. The summed E-state index contributed by atoms with van der Waals surface area (Å²) < 4.78 is 1.02. The van der Waals surface area contributed by atoms with Gasteiger partial charge in [-0.2, -0.15) is 0 Å². The van der Waals surface area contributed by atoms with Crippen molar-refractivity contribution in [2.45, 2.75) is 13.0 Å². The van der Waals surface area contributed by atoms with Gasteiger partial charge in [-0.05, 0) is 41.8 Å². The van der Waals surface area contributed by atoms with Crippen molar-refractivity contribution in [3.8, 4) is 0 Å². The van der Waals surface area contributed by atoms with E-state index in [9.17, 15) is 4.79 Å². The molecule has 0 aliphatic heterocycles. The largest absolute Gasteiger partial charge is 0.341 e. The summed E-state index contributed by atoms with van der Waals surface area (Å²) in [6.07, 6.45) is 0. The molecule has 3 aromatic rings. The van der Waals surface area contributed by atoms with Gasteiger partial charge in [0, 0.05) is 10.0 Å². The summed E-state index contributed by atoms with van der Waals surface area (Å²) in [6.45, 7) is 1.95. The standard InChI is InChI=1S/C21H18BrNO/c1-15-7-5-6-10-19(15)21(24)23-20(16-8-3-2-4-9-16)17-11-13-18(22)14-12-17/h2-14,20H,1H3,(H,23,24)/t20-/m0/s1. The minimum absolute atomic E-state index is 0.0649. The van der Waals surface area contributed by atoms with E-state index in [-0.39, 0.29) is 11.9 Å². The van der Waals surface area contributed by atoms with E-state index in [0.717, 1.165) is 21.2 Å². The number of rotatable bonds is 4. The Labute approximate surface area is 150 Å². The predicted molar refractivity (Wildman–Crippen MR) is 101 cm³/mol. The van der Waals surface area contributed by atoms with Crippen LogP contribution in [0.1, 0.15) is 33.1 Å². The molecule has 0 saturated heterocycles. The third kappa shape index (κ3) is 3.74. The van der Waals surface area contributed by atoms with Gasteiger partial charge in [0.1, 0.15) is 0 Å². The molecular weight excluding hydrogens is 362 g/mol. The molecule has 0 unspecified atom stereocenters. The molecule has 0 aliphatic rings. The van der Waals surface area contributed by atoms with E-state index in [1.165, 1.54) is 0 Å². The van der Waals surface area contributed by atoms with Crippen LogP contribution in [-0.2, 0) is 0 Å². The molecule has 120 valence electrons. The van der Waals surface area contributed by atoms with Gasteiger partial charge in [-0.25, -0.2) is 0 Å². The highest BCUT2D eigenvalue weighted by atomic mass is 79.9. The second-order valence-electron chi connectivity index (χ2n) is 5.68. The Bertz CT molecular complexity index is 828. The zero-order valence-electron chi connectivity index (χ0n) is 13.4. The maximum absolute atomic E-state index is 12.8. The highest BCUT2D eigenvalue weighted by Crippen LogP contribution is 2.24. The van der Waals surface area contributed by atoms with Crippen molar-refractivity contribution < 1.29 is 4.79 Å². The zero-order chi connectivity index (χ0) is 16.9. The van der Waals surface area contributed by atoms with E-state index < -0.39 is 0 Å². The number of carbonyl (C=O) groups excluding carboxylic acids is 1. The van der Waals surface area contributed by atoms with Crippen LogP contribution in [0.25, 0.3) is 0 Å². The predicted octanol–water partition coefficient (Wildman–Crippen LogP) is 5.28. The molecule has 24 heavy (non-hydrogen) atoms. The first-order valence-corrected chi connectivity index (χ1v) is 8.61. The number of amides is 1. The molecular formula is C21H18BrNO. The van der Waals surface area contributed by atoms with Crippen LogP contribution in [0.4, 0.5) is 0 Å². The Morgan fingerprint density at radius 1 is 0.833 bits per heavy atom. The van der Waals surface area contributed by atoms with Gasteiger partial charge in [0.25, 0.3) is 5.91 Å². The maximum atomic E-state index is 12.8. The fourth-order valence-electron chi connectivity index (χ4n) is 2.70. The number of halogens is 1. The van der Waals surface area contributed by atoms with E-state index in [1.54, 1.807) is 0 Å². The Hall–Kier alpha value is -2.39. The van der Waals surface area contributed by atoms with Crippen molar-refractivity contribution in [1.82, 2.24) is 5.32 Å². The summed E-state index contributed by atoms with van der Waals surface area (Å²) in [5.41, 5.74) is 3.78. The highest BCUT2D eigenvalue weighted by Gasteiger charge is 2.18. The molecule has 0 radical (unpaired) electrons. The maximum Gasteiger partial charge on any atom is 0.252 e. The topological polar surface area (TPSA) is 29.1 Å². The number of nitrogens with one attached hydrogen (secondary N) is 1. The monoisotopic (exact) mass is 379 g/mol. The molecule has 0 spiro atoms. The fraction of sp³-hybridized carbons (Fsp3) is 0.0952. The lowest BCUT2D eigenvalue weighted by molar-refractivity contribution is 0.0942. The van der Waals surface area contributed by atoms with E-state index in [4.69, 9.17) is 0 Å². The van der Waals surface area contributed by atoms with Crippen LogP contribution in [0, 0.1) is 6.92 Å². The van der Waals surface area contributed by atoms with Gasteiger partial charge in [-0.1, -0.05) is 76.6 Å². The van der Waals surface area contributed by atoms with E-state index in [0.29, 0.717) is 5.56 Å². The first-order chi connectivity index (χ1) is 11.6. The number of benzene rings is 3. The van der Waals surface area contributed by atoms with Crippen molar-refractivity contribution in [2.24, 2.45) is 0 Å². The van der Waals surface area contributed by atoms with Gasteiger partial charge >= 0.3 is 0 Å². The third-order valence-corrected chi connectivity index (χ3v) is 4.53. The SMILES string of the molecule is Cc1ccccc1C(=O)N[C@@H](c1ccccc1)c1ccc(Br)cc1. The van der Waals surface area contributed by atoms with E-state index in [1.807, 2.05) is 85.8 Å². The molecule has 1 atom stereocenters. The van der Waals surface area contributed by atoms with Crippen molar-refractivity contribution in [3.63, 3.8) is 0 Å². The first kappa shape index (κ1) is 16.5. The fourth-order valence-corrected chi connectivity index (χ4v) is 2.96. The summed E-state index contributed by atoms with van der Waals surface area (Å²) >= 11 is 3.46. The van der Waals surface area contributed by atoms with Crippen LogP contribution < -0.4 is 5.32 Å². The van der Waals surface area contributed by atoms with Crippen LogP contribution in [0.2, 0.25) is 0 Å². The summed E-state index contributed by atoms with van der Waals surface area (Å²) in [7, 11) is 0. The number of aryl methyl sites for hydroxylation is 1. The smallest absolute Gasteiger partial charge is 0.252 e. The third-order valence-electron chi connectivity index (χ3n) is 4.00. The molecule has 3 rings (SSSR count). The zero-order valence-corrected chi connectivity index (χ0v) is 15.0. The van der Waals surface area contributed by atoms with Crippen LogP contribution in [0.3, 0.4) is 0 Å². The van der Waals surface area contributed by atoms with Gasteiger partial charge in [-0.15, -0.1) is 0 Å². The highest BCUT2D eigenvalue weighted by molar-refractivity contribution is 9.10. The number of hydrogen-bond acceptors (Lipinski definition) is 1. The lowest BCUT2D eigenvalue weighted by atomic mass is 9.98. The average molecular weight is 380 g/mol. The first-order valence-electron chi connectivity index (χ1n) is 7.82. The second kappa shape index (κ2) is 7.45. The van der Waals surface area contributed by atoms with E-state index >= 15 is 0 Å². The molecule has 3 aromatic carbocycles. The number of carbonyl (C=O) groups is 1. The molecule has 0 aromatic heterocycles. The van der Waals surface area contributed by atoms with Gasteiger partial charge in [0.2, 0.25) is 0 Å². The Balaban J connectivity index is 1.95. The summed E-state index contributed by atoms with van der Waals surface area (Å²) in [5.74, 6) is -0.0649. The van der Waals surface area contributed by atoms with Crippen molar-refractivity contribution >= 4 is 21.8 Å². The Kier molecular flexibility index (Phi) is 5.11. The molecule has 0 aliphatic carbocycles. The van der Waals surface area contributed by atoms with Crippen LogP contribution in [-0.4, -0.2) is 5.91 Å². The normalized spacial score (nSPS) is 11.8. The van der Waals surface area contributed by atoms with Crippen molar-refractivity contribution in [3.05, 3.63) is 106 Å². The molecule has 1 N–H and O–H groups in total. The van der Waals surface area contributed by atoms with Gasteiger partial charge in [-0.3, -0.25) is 4.79 Å². The Morgan fingerprint density at radius 3 is 2.08 bits per heavy atom. The molecule has 0 saturated carbocycles. The average Bonchev–Trinajstić information content (AvgIpc) is 2.61. The minimum atomic E-state index is -0.189. The molecule has 1 amide bonds. The van der Waals surface area contributed by atoms with Gasteiger partial charge in [0.05, 0.1) is 6.04 Å². The van der Waals surface area contributed by atoms with Crippen LogP contribution >= 0.6 is 15.9 Å². The summed E-state index contributed by atoms with van der Waals surface area (Å²) in [5, 5.41) is 3.17. The molecule has 0 heterocycles. The second-order valence-corrected chi connectivity index (χ2v) is 6.60. The lowest BCUT2D eigenvalue weighted by Gasteiger charge is -2.20. The molecule has 3 heteroatoms. The van der Waals surface area contributed by atoms with Gasteiger partial charge < -0.3 is 5.32 Å². The van der Waals surface area contributed by atoms with Crippen molar-refractivity contribution in [1.29, 1.82) is 0 Å².